The molecule has 10 aromatic carbocycles. The highest BCUT2D eigenvalue weighted by molar-refractivity contribution is 6.33. The molecule has 15 rings (SSSR count). The van der Waals surface area contributed by atoms with Crippen molar-refractivity contribution in [2.24, 2.45) is 0 Å². The lowest BCUT2D eigenvalue weighted by Gasteiger charge is -2.23. The summed E-state index contributed by atoms with van der Waals surface area (Å²) in [7, 11) is 10.1. The SMILES string of the molecule is CCCC(C)Oc1cccc2c1C(=O)N(Cc1ccc(Cl)c(C)c1)C2=O.CCCCCOc1cccc2c1C(=O)N(Cc1ccc(Cl)c(C)c1)C2=O.CCCCOc1cccc2c1C(=O)N(Cc1ccc(Cl)c(C)c1)C2=O.Cc1cc(CN2C(=O)c3cccc(OCCN(C)C)c3C2=O)ccc1Cl.Cc1cc(CN2C(=O)c3cccc(OCC[N+](C)(C)C)c3C2=O)ccc1Cl.[Cl-]. The fourth-order valence-electron chi connectivity index (χ4n) is 15.1. The van der Waals surface area contributed by atoms with E-state index in [1.165, 1.54) is 24.5 Å². The second-order valence-electron chi connectivity index (χ2n) is 33.8. The minimum atomic E-state index is -0.321. The van der Waals surface area contributed by atoms with Crippen molar-refractivity contribution in [1.29, 1.82) is 0 Å². The molecule has 0 aromatic heterocycles. The smallest absolute Gasteiger partial charge is 0.265 e. The number of hydrogen-bond donors (Lipinski definition) is 0. The Morgan fingerprint density at radius 2 is 0.573 bits per heavy atom. The Morgan fingerprint density at radius 1 is 0.321 bits per heavy atom. The first-order chi connectivity index (χ1) is 62.0. The number of unbranched alkanes of at least 4 members (excludes halogenated alkanes) is 3. The molecule has 1 unspecified atom stereocenters. The summed E-state index contributed by atoms with van der Waals surface area (Å²) >= 11 is 30.3. The van der Waals surface area contributed by atoms with Gasteiger partial charge in [-0.25, -0.2) is 0 Å². The number of ether oxygens (including phenoxy) is 5. The van der Waals surface area contributed by atoms with E-state index in [-0.39, 0.29) is 110 Å². The molecule has 0 fully saturated rings. The number of imide groups is 5. The van der Waals surface area contributed by atoms with E-state index in [4.69, 9.17) is 81.7 Å². The standard InChI is InChI=1S/C21H24ClN2O3.2C21H22ClNO3.C20H21ClN2O3.C20H20ClNO3.ClH/c1-14-12-15(8-9-17(14)22)13-23-20(25)16-6-5-7-18(19(16)21(23)26)27-11-10-24(2,3)4;1-4-6-14(3)26-18-8-5-7-16-19(18)21(25)23(20(16)24)12-15-9-10-17(22)13(2)11-15;1-3-4-5-11-26-18-8-6-7-16-19(18)21(25)23(20(16)24)13-15-9-10-17(22)14(2)12-15;1-13-11-14(7-8-16(13)21)12-23-19(24)15-5-4-6-17(18(15)20(23)25)26-10-9-22(2)3;1-3-4-10-25-17-7-5-6-15-18(17)20(24)22(19(15)23)12-14-8-9-16(21)13(2)11-14;/h5-9,12H,10-11,13H2,1-4H3;5,7-11,14H,4,6,12H2,1-3H3;6-10,12H,3-5,11,13H2,1-2H3;4-8,11H,9-10,12H2,1-3H3;5-9,11H,3-4,10,12H2,1-2H3;1H/q+1;;;;;/p-1. The minimum absolute atomic E-state index is 0. The van der Waals surface area contributed by atoms with Crippen LogP contribution in [0.1, 0.15) is 232 Å². The second-order valence-corrected chi connectivity index (χ2v) is 35.8. The molecule has 0 aliphatic carbocycles. The summed E-state index contributed by atoms with van der Waals surface area (Å²) in [6, 6.07) is 53.4. The van der Waals surface area contributed by atoms with Crippen LogP contribution in [0.2, 0.25) is 25.1 Å². The zero-order chi connectivity index (χ0) is 94.1. The quantitative estimate of drug-likeness (QED) is 0.0223. The Morgan fingerprint density at radius 3 is 0.824 bits per heavy atom. The van der Waals surface area contributed by atoms with Crippen LogP contribution in [0.5, 0.6) is 28.7 Å². The Hall–Kier alpha value is -11.4. The van der Waals surface area contributed by atoms with E-state index in [2.05, 4.69) is 41.9 Å². The molecule has 10 amide bonds. The van der Waals surface area contributed by atoms with E-state index in [0.29, 0.717) is 136 Å². The number of amides is 10. The number of carbonyl (C=O) groups excluding carboxylic acids is 10. The first kappa shape index (κ1) is 102. The van der Waals surface area contributed by atoms with Gasteiger partial charge in [0.2, 0.25) is 0 Å². The number of nitrogens with zero attached hydrogens (tertiary/aromatic N) is 7. The van der Waals surface area contributed by atoms with Gasteiger partial charge in [0.25, 0.3) is 59.1 Å². The van der Waals surface area contributed by atoms with Gasteiger partial charge in [-0.2, -0.15) is 0 Å². The molecule has 0 saturated heterocycles. The number of halogens is 6. The molecular weight excluding hydrogens is 1790 g/mol. The summed E-state index contributed by atoms with van der Waals surface area (Å²) in [5.41, 5.74) is 12.7. The van der Waals surface area contributed by atoms with Gasteiger partial charge in [0.1, 0.15) is 48.5 Å². The van der Waals surface area contributed by atoms with Crippen LogP contribution in [-0.2, 0) is 32.7 Å². The van der Waals surface area contributed by atoms with Crippen molar-refractivity contribution in [2.45, 2.75) is 146 Å². The normalized spacial score (nSPS) is 13.6. The Labute approximate surface area is 797 Å². The lowest BCUT2D eigenvalue weighted by molar-refractivity contribution is -0.870. The fourth-order valence-corrected chi connectivity index (χ4v) is 15.6. The number of carbonyl (C=O) groups is 10. The predicted molar refractivity (Wildman–Crippen MR) is 507 cm³/mol. The average molecular weight is 1900 g/mol. The average Bonchev–Trinajstić information content (AvgIpc) is 1.67. The van der Waals surface area contributed by atoms with Crippen molar-refractivity contribution in [3.8, 4) is 28.7 Å². The number of aryl methyl sites for hydroxylation is 5. The molecule has 5 aliphatic rings. The van der Waals surface area contributed by atoms with E-state index < -0.39 is 0 Å². The molecule has 28 heteroatoms. The largest absolute Gasteiger partial charge is 1.00 e. The monoisotopic (exact) mass is 1890 g/mol. The van der Waals surface area contributed by atoms with Crippen LogP contribution in [0.3, 0.4) is 0 Å². The first-order valence-electron chi connectivity index (χ1n) is 43.4. The summed E-state index contributed by atoms with van der Waals surface area (Å²) in [6.07, 6.45) is 6.87. The van der Waals surface area contributed by atoms with E-state index in [1.54, 1.807) is 121 Å². The van der Waals surface area contributed by atoms with Gasteiger partial charge in [-0.1, -0.05) is 195 Å². The summed E-state index contributed by atoms with van der Waals surface area (Å²) in [5.74, 6) is -0.609. The number of hydrogen-bond acceptors (Lipinski definition) is 16. The molecule has 5 heterocycles. The summed E-state index contributed by atoms with van der Waals surface area (Å²) in [4.78, 5) is 136. The molecule has 131 heavy (non-hydrogen) atoms. The number of quaternary nitrogens is 1. The van der Waals surface area contributed by atoms with Gasteiger partial charge in [-0.15, -0.1) is 0 Å². The zero-order valence-electron chi connectivity index (χ0n) is 76.1. The van der Waals surface area contributed by atoms with Crippen molar-refractivity contribution < 1.29 is 88.5 Å². The zero-order valence-corrected chi connectivity index (χ0v) is 80.7. The maximum Gasteiger partial charge on any atom is 0.265 e. The van der Waals surface area contributed by atoms with Crippen LogP contribution in [0.25, 0.3) is 0 Å². The van der Waals surface area contributed by atoms with Gasteiger partial charge in [-0.3, -0.25) is 72.4 Å². The van der Waals surface area contributed by atoms with Crippen LogP contribution in [0.4, 0.5) is 0 Å². The van der Waals surface area contributed by atoms with Gasteiger partial charge >= 0.3 is 0 Å². The third-order valence-electron chi connectivity index (χ3n) is 22.2. The molecule has 1 atom stereocenters. The van der Waals surface area contributed by atoms with Gasteiger partial charge in [0, 0.05) is 31.7 Å². The molecule has 0 spiro atoms. The molecule has 0 saturated carbocycles. The molecule has 0 radical (unpaired) electrons. The van der Waals surface area contributed by atoms with Crippen LogP contribution in [0.15, 0.2) is 182 Å². The molecular formula is C103H109Cl6N7O15. The highest BCUT2D eigenvalue weighted by Crippen LogP contribution is 2.40. The van der Waals surface area contributed by atoms with Gasteiger partial charge in [0.05, 0.1) is 129 Å². The number of benzene rings is 10. The van der Waals surface area contributed by atoms with Crippen LogP contribution >= 0.6 is 58.0 Å². The number of rotatable bonds is 31. The third kappa shape index (κ3) is 24.9. The summed E-state index contributed by atoms with van der Waals surface area (Å²) in [5, 5.41) is 3.31. The Balaban J connectivity index is 0.000000170. The van der Waals surface area contributed by atoms with E-state index in [0.717, 1.165) is 118 Å². The van der Waals surface area contributed by atoms with Crippen LogP contribution in [0, 0.1) is 34.6 Å². The van der Waals surface area contributed by atoms with Crippen LogP contribution in [-0.4, -0.2) is 174 Å². The second kappa shape index (κ2) is 46.1. The van der Waals surface area contributed by atoms with Crippen molar-refractivity contribution >= 4 is 117 Å². The minimum Gasteiger partial charge on any atom is -1.00 e. The van der Waals surface area contributed by atoms with E-state index in [9.17, 15) is 47.9 Å². The summed E-state index contributed by atoms with van der Waals surface area (Å²) < 4.78 is 29.8. The Bertz CT molecular complexity index is 5970. The van der Waals surface area contributed by atoms with Gasteiger partial charge in [-0.05, 0) is 222 Å². The van der Waals surface area contributed by atoms with E-state index >= 15 is 0 Å². The lowest BCUT2D eigenvalue weighted by atomic mass is 10.1. The maximum atomic E-state index is 12.9. The van der Waals surface area contributed by atoms with Gasteiger partial charge in [0.15, 0.2) is 0 Å². The van der Waals surface area contributed by atoms with Crippen LogP contribution < -0.4 is 36.1 Å². The molecule has 22 nitrogen and oxygen atoms in total. The first-order valence-corrected chi connectivity index (χ1v) is 45.3. The maximum absolute atomic E-state index is 12.9. The molecule has 0 N–H and O–H groups in total. The molecule has 0 bridgehead atoms. The highest BCUT2D eigenvalue weighted by Gasteiger charge is 2.44. The van der Waals surface area contributed by atoms with Crippen molar-refractivity contribution in [3.63, 3.8) is 0 Å². The topological polar surface area (TPSA) is 236 Å². The highest BCUT2D eigenvalue weighted by atomic mass is 35.5. The number of likely N-dealkylation sites (N-methyl/N-ethyl adjacent to an activating group) is 2. The molecule has 10 aromatic rings. The Kier molecular flexibility index (Phi) is 35.8. The lowest BCUT2D eigenvalue weighted by Crippen LogP contribution is -3.00. The fraction of sp³-hybridized carbons (Fsp3) is 0.320. The molecule has 688 valence electrons. The van der Waals surface area contributed by atoms with E-state index in [1.807, 2.05) is 121 Å². The van der Waals surface area contributed by atoms with Gasteiger partial charge < -0.3 is 45.5 Å². The van der Waals surface area contributed by atoms with Crippen molar-refractivity contribution in [1.82, 2.24) is 29.4 Å². The molecule has 5 aliphatic heterocycles. The van der Waals surface area contributed by atoms with Crippen molar-refractivity contribution in [3.05, 3.63) is 318 Å². The van der Waals surface area contributed by atoms with Crippen molar-refractivity contribution in [2.75, 3.05) is 74.8 Å². The summed E-state index contributed by atoms with van der Waals surface area (Å²) in [6.45, 7) is 22.3. The third-order valence-corrected chi connectivity index (χ3v) is 24.3. The predicted octanol–water partition coefficient (Wildman–Crippen LogP) is 18.6. The number of fused-ring (bicyclic) bond motifs is 5.